The smallest absolute Gasteiger partial charge is 0.0645 e. The average Bonchev–Trinajstić information content (AvgIpc) is 1.91. The Labute approximate surface area is 87.0 Å². The number of likely N-dealkylation sites (N-methyl/N-ethyl adjacent to an activating group) is 1. The van der Waals surface area contributed by atoms with Crippen molar-refractivity contribution in [1.82, 2.24) is 9.80 Å². The molecule has 14 heavy (non-hydrogen) atoms. The van der Waals surface area contributed by atoms with Crippen molar-refractivity contribution >= 4 is 0 Å². The minimum Gasteiger partial charge on any atom is -0.378 e. The van der Waals surface area contributed by atoms with Gasteiger partial charge in [-0.1, -0.05) is 13.8 Å². The van der Waals surface area contributed by atoms with Gasteiger partial charge in [-0.15, -0.1) is 0 Å². The number of hydrogen-bond donors (Lipinski definition) is 0. The Hall–Kier alpha value is -0.120. The Bertz CT molecular complexity index is 186. The molecule has 0 N–H and O–H groups in total. The molecule has 2 aliphatic rings. The van der Waals surface area contributed by atoms with Gasteiger partial charge in [-0.3, -0.25) is 9.80 Å². The molecule has 0 aliphatic carbocycles. The summed E-state index contributed by atoms with van der Waals surface area (Å²) in [5.41, 5.74) is 0. The minimum absolute atomic E-state index is 0.696. The quantitative estimate of drug-likeness (QED) is 0.660. The summed E-state index contributed by atoms with van der Waals surface area (Å²) in [5, 5.41) is 0. The van der Waals surface area contributed by atoms with E-state index in [-0.39, 0.29) is 0 Å². The predicted molar refractivity (Wildman–Crippen MR) is 57.4 cm³/mol. The molecule has 2 aliphatic heterocycles. The SMILES string of the molecule is CC(C)CN1CC(N(C)C2COC2)C1. The van der Waals surface area contributed by atoms with Crippen LogP contribution in [0.2, 0.25) is 0 Å². The van der Waals surface area contributed by atoms with Crippen molar-refractivity contribution in [3.05, 3.63) is 0 Å². The summed E-state index contributed by atoms with van der Waals surface area (Å²) < 4.78 is 5.21. The van der Waals surface area contributed by atoms with Crippen molar-refractivity contribution in [2.24, 2.45) is 5.92 Å². The van der Waals surface area contributed by atoms with Crippen LogP contribution in [0.4, 0.5) is 0 Å². The lowest BCUT2D eigenvalue weighted by molar-refractivity contribution is -0.0937. The van der Waals surface area contributed by atoms with Gasteiger partial charge in [-0.2, -0.15) is 0 Å². The molecule has 0 radical (unpaired) electrons. The average molecular weight is 198 g/mol. The van der Waals surface area contributed by atoms with Crippen LogP contribution in [0, 0.1) is 5.92 Å². The largest absolute Gasteiger partial charge is 0.378 e. The van der Waals surface area contributed by atoms with E-state index in [1.54, 1.807) is 0 Å². The van der Waals surface area contributed by atoms with Crippen molar-refractivity contribution in [3.63, 3.8) is 0 Å². The maximum atomic E-state index is 5.21. The molecule has 0 unspecified atom stereocenters. The van der Waals surface area contributed by atoms with Gasteiger partial charge >= 0.3 is 0 Å². The summed E-state index contributed by atoms with van der Waals surface area (Å²) in [5.74, 6) is 0.799. The topological polar surface area (TPSA) is 15.7 Å². The zero-order valence-electron chi connectivity index (χ0n) is 9.57. The highest BCUT2D eigenvalue weighted by Crippen LogP contribution is 2.20. The number of ether oxygens (including phenoxy) is 1. The standard InChI is InChI=1S/C11H22N2O/c1-9(2)4-13-5-10(6-13)12(3)11-7-14-8-11/h9-11H,4-8H2,1-3H3. The van der Waals surface area contributed by atoms with E-state index in [9.17, 15) is 0 Å². The second-order valence-electron chi connectivity index (χ2n) is 5.12. The summed E-state index contributed by atoms with van der Waals surface area (Å²) in [7, 11) is 2.24. The second kappa shape index (κ2) is 4.17. The monoisotopic (exact) mass is 198 g/mol. The molecular formula is C11H22N2O. The third-order valence-corrected chi connectivity index (χ3v) is 3.33. The molecule has 0 aromatic carbocycles. The fraction of sp³-hybridized carbons (Fsp3) is 1.00. The first-order valence-corrected chi connectivity index (χ1v) is 5.69. The van der Waals surface area contributed by atoms with Crippen LogP contribution < -0.4 is 0 Å². The first-order valence-electron chi connectivity index (χ1n) is 5.69. The van der Waals surface area contributed by atoms with E-state index in [1.165, 1.54) is 19.6 Å². The fourth-order valence-electron chi connectivity index (χ4n) is 2.22. The molecule has 2 fully saturated rings. The normalized spacial score (nSPS) is 25.5. The van der Waals surface area contributed by atoms with Crippen LogP contribution >= 0.6 is 0 Å². The maximum Gasteiger partial charge on any atom is 0.0645 e. The lowest BCUT2D eigenvalue weighted by Crippen LogP contribution is -2.64. The molecule has 2 rings (SSSR count). The Morgan fingerprint density at radius 2 is 1.93 bits per heavy atom. The van der Waals surface area contributed by atoms with Gasteiger partial charge in [0.25, 0.3) is 0 Å². The Morgan fingerprint density at radius 3 is 2.36 bits per heavy atom. The summed E-state index contributed by atoms with van der Waals surface area (Å²) in [4.78, 5) is 5.05. The molecular weight excluding hydrogens is 176 g/mol. The van der Waals surface area contributed by atoms with Gasteiger partial charge in [0, 0.05) is 25.7 Å². The zero-order valence-corrected chi connectivity index (χ0v) is 9.57. The Morgan fingerprint density at radius 1 is 1.29 bits per heavy atom. The molecule has 2 saturated heterocycles. The van der Waals surface area contributed by atoms with Crippen molar-refractivity contribution in [3.8, 4) is 0 Å². The van der Waals surface area contributed by atoms with E-state index in [4.69, 9.17) is 4.74 Å². The van der Waals surface area contributed by atoms with E-state index in [2.05, 4.69) is 30.7 Å². The molecule has 82 valence electrons. The highest BCUT2D eigenvalue weighted by atomic mass is 16.5. The molecule has 0 aromatic rings. The number of rotatable bonds is 4. The van der Waals surface area contributed by atoms with Gasteiger partial charge in [-0.25, -0.2) is 0 Å². The van der Waals surface area contributed by atoms with Gasteiger partial charge < -0.3 is 4.74 Å². The lowest BCUT2D eigenvalue weighted by Gasteiger charge is -2.49. The number of likely N-dealkylation sites (tertiary alicyclic amines) is 1. The van der Waals surface area contributed by atoms with Gasteiger partial charge in [0.1, 0.15) is 0 Å². The van der Waals surface area contributed by atoms with Gasteiger partial charge in [0.2, 0.25) is 0 Å². The van der Waals surface area contributed by atoms with E-state index in [0.717, 1.165) is 25.2 Å². The molecule has 0 aromatic heterocycles. The molecule has 3 heteroatoms. The fourth-order valence-corrected chi connectivity index (χ4v) is 2.22. The molecule has 2 heterocycles. The third kappa shape index (κ3) is 2.10. The summed E-state index contributed by atoms with van der Waals surface area (Å²) >= 11 is 0. The van der Waals surface area contributed by atoms with Crippen LogP contribution in [-0.4, -0.2) is 61.8 Å². The van der Waals surface area contributed by atoms with E-state index in [1.807, 2.05) is 0 Å². The van der Waals surface area contributed by atoms with Gasteiger partial charge in [-0.05, 0) is 13.0 Å². The molecule has 0 amide bonds. The van der Waals surface area contributed by atoms with Crippen LogP contribution in [0.1, 0.15) is 13.8 Å². The van der Waals surface area contributed by atoms with Crippen molar-refractivity contribution in [1.29, 1.82) is 0 Å². The second-order valence-corrected chi connectivity index (χ2v) is 5.12. The summed E-state index contributed by atoms with van der Waals surface area (Å²) in [6.45, 7) is 10.2. The van der Waals surface area contributed by atoms with Gasteiger partial charge in [0.05, 0.1) is 19.3 Å². The van der Waals surface area contributed by atoms with E-state index in [0.29, 0.717) is 6.04 Å². The van der Waals surface area contributed by atoms with E-state index < -0.39 is 0 Å². The van der Waals surface area contributed by atoms with Crippen LogP contribution in [0.15, 0.2) is 0 Å². The maximum absolute atomic E-state index is 5.21. The molecule has 3 nitrogen and oxygen atoms in total. The minimum atomic E-state index is 0.696. The highest BCUT2D eigenvalue weighted by Gasteiger charge is 2.35. The first-order chi connectivity index (χ1) is 6.66. The Kier molecular flexibility index (Phi) is 3.10. The molecule has 0 atom stereocenters. The molecule has 0 spiro atoms. The van der Waals surface area contributed by atoms with Crippen LogP contribution in [0.5, 0.6) is 0 Å². The van der Waals surface area contributed by atoms with Crippen LogP contribution in [0.25, 0.3) is 0 Å². The summed E-state index contributed by atoms with van der Waals surface area (Å²) in [6, 6.07) is 1.48. The highest BCUT2D eigenvalue weighted by molar-refractivity contribution is 4.91. The third-order valence-electron chi connectivity index (χ3n) is 3.33. The number of hydrogen-bond acceptors (Lipinski definition) is 3. The molecule has 0 saturated carbocycles. The van der Waals surface area contributed by atoms with Gasteiger partial charge in [0.15, 0.2) is 0 Å². The lowest BCUT2D eigenvalue weighted by atomic mass is 10.0. The zero-order chi connectivity index (χ0) is 10.1. The Balaban J connectivity index is 1.66. The number of nitrogens with zero attached hydrogens (tertiary/aromatic N) is 2. The van der Waals surface area contributed by atoms with E-state index >= 15 is 0 Å². The molecule has 0 bridgehead atoms. The van der Waals surface area contributed by atoms with Crippen LogP contribution in [-0.2, 0) is 4.74 Å². The first kappa shape index (κ1) is 10.4. The van der Waals surface area contributed by atoms with Crippen molar-refractivity contribution < 1.29 is 4.74 Å². The van der Waals surface area contributed by atoms with Crippen LogP contribution in [0.3, 0.4) is 0 Å². The summed E-state index contributed by atoms with van der Waals surface area (Å²) in [6.07, 6.45) is 0. The van der Waals surface area contributed by atoms with Crippen molar-refractivity contribution in [2.45, 2.75) is 25.9 Å². The predicted octanol–water partition coefficient (Wildman–Crippen LogP) is 0.657. The van der Waals surface area contributed by atoms with Crippen molar-refractivity contribution in [2.75, 3.05) is 39.9 Å².